The molecule has 0 amide bonds. The highest BCUT2D eigenvalue weighted by molar-refractivity contribution is 5.65. The summed E-state index contributed by atoms with van der Waals surface area (Å²) in [7, 11) is 1.90. The zero-order valence-corrected chi connectivity index (χ0v) is 11.9. The van der Waals surface area contributed by atoms with Crippen LogP contribution in [-0.4, -0.2) is 22.4 Å². The Morgan fingerprint density at radius 3 is 2.95 bits per heavy atom. The first kappa shape index (κ1) is 12.8. The number of benzene rings is 1. The molecule has 0 fully saturated rings. The van der Waals surface area contributed by atoms with Gasteiger partial charge in [0.1, 0.15) is 17.7 Å². The number of para-hydroxylation sites is 1. The molecule has 1 aromatic heterocycles. The predicted octanol–water partition coefficient (Wildman–Crippen LogP) is 1.98. The van der Waals surface area contributed by atoms with Crippen LogP contribution in [0.3, 0.4) is 0 Å². The number of aryl methyl sites for hydroxylation is 2. The topological polar surface area (TPSA) is 65.1 Å². The van der Waals surface area contributed by atoms with Gasteiger partial charge in [0.15, 0.2) is 0 Å². The quantitative estimate of drug-likeness (QED) is 0.893. The van der Waals surface area contributed by atoms with Crippen molar-refractivity contribution in [3.63, 3.8) is 0 Å². The van der Waals surface area contributed by atoms with E-state index in [4.69, 9.17) is 10.5 Å². The molecule has 1 atom stereocenters. The van der Waals surface area contributed by atoms with Crippen molar-refractivity contribution < 1.29 is 4.74 Å². The molecular weight excluding hydrogens is 252 g/mol. The maximum absolute atomic E-state index is 6.10. The SMILES string of the molecule is CCc1nn(C)c(NCC2Cc3ccccc3O2)c1N. The van der Waals surface area contributed by atoms with Gasteiger partial charge in [-0.1, -0.05) is 25.1 Å². The number of rotatable bonds is 4. The third-order valence-electron chi connectivity index (χ3n) is 3.71. The lowest BCUT2D eigenvalue weighted by molar-refractivity contribution is 0.246. The van der Waals surface area contributed by atoms with Gasteiger partial charge >= 0.3 is 0 Å². The van der Waals surface area contributed by atoms with Crippen LogP contribution in [0.1, 0.15) is 18.2 Å². The summed E-state index contributed by atoms with van der Waals surface area (Å²) in [4.78, 5) is 0. The Morgan fingerprint density at radius 2 is 2.25 bits per heavy atom. The average molecular weight is 272 g/mol. The summed E-state index contributed by atoms with van der Waals surface area (Å²) in [5, 5.41) is 7.76. The van der Waals surface area contributed by atoms with Crippen molar-refractivity contribution in [2.75, 3.05) is 17.6 Å². The van der Waals surface area contributed by atoms with Crippen molar-refractivity contribution in [2.24, 2.45) is 7.05 Å². The predicted molar refractivity (Wildman–Crippen MR) is 80.1 cm³/mol. The van der Waals surface area contributed by atoms with Gasteiger partial charge in [-0.25, -0.2) is 0 Å². The molecule has 2 heterocycles. The van der Waals surface area contributed by atoms with Gasteiger partial charge in [0.2, 0.25) is 0 Å². The number of ether oxygens (including phenoxy) is 1. The summed E-state index contributed by atoms with van der Waals surface area (Å²) in [6.07, 6.45) is 1.92. The maximum Gasteiger partial charge on any atom is 0.147 e. The fraction of sp³-hybridized carbons (Fsp3) is 0.400. The number of fused-ring (bicyclic) bond motifs is 1. The van der Waals surface area contributed by atoms with Crippen molar-refractivity contribution in [2.45, 2.75) is 25.9 Å². The van der Waals surface area contributed by atoms with E-state index in [1.165, 1.54) is 5.56 Å². The molecule has 2 aromatic rings. The molecule has 106 valence electrons. The Kier molecular flexibility index (Phi) is 3.26. The highest BCUT2D eigenvalue weighted by Crippen LogP contribution is 2.29. The average Bonchev–Trinajstić information content (AvgIpc) is 2.98. The molecule has 1 unspecified atom stereocenters. The molecule has 3 rings (SSSR count). The molecular formula is C15H20N4O. The molecule has 20 heavy (non-hydrogen) atoms. The molecule has 5 nitrogen and oxygen atoms in total. The van der Waals surface area contributed by atoms with Crippen LogP contribution >= 0.6 is 0 Å². The fourth-order valence-electron chi connectivity index (χ4n) is 2.65. The van der Waals surface area contributed by atoms with Gasteiger partial charge in [0.25, 0.3) is 0 Å². The summed E-state index contributed by atoms with van der Waals surface area (Å²) in [5.41, 5.74) is 9.04. The first-order valence-corrected chi connectivity index (χ1v) is 6.98. The van der Waals surface area contributed by atoms with E-state index in [2.05, 4.69) is 23.4 Å². The van der Waals surface area contributed by atoms with Gasteiger partial charge in [-0.15, -0.1) is 0 Å². The van der Waals surface area contributed by atoms with E-state index in [9.17, 15) is 0 Å². The molecule has 1 aliphatic heterocycles. The number of nitrogens with one attached hydrogen (secondary N) is 1. The molecule has 1 aromatic carbocycles. The number of aromatic nitrogens is 2. The Morgan fingerprint density at radius 1 is 1.45 bits per heavy atom. The standard InChI is InChI=1S/C15H20N4O/c1-3-12-14(16)15(19(2)18-12)17-9-11-8-10-6-4-5-7-13(10)20-11/h4-7,11,17H,3,8-9,16H2,1-2H3. The van der Waals surface area contributed by atoms with Gasteiger partial charge in [0.05, 0.1) is 17.9 Å². The van der Waals surface area contributed by atoms with Crippen molar-refractivity contribution >= 4 is 11.5 Å². The van der Waals surface area contributed by atoms with Crippen LogP contribution < -0.4 is 15.8 Å². The smallest absolute Gasteiger partial charge is 0.147 e. The Bertz CT molecular complexity index is 595. The van der Waals surface area contributed by atoms with Gasteiger partial charge in [-0.3, -0.25) is 4.68 Å². The number of anilines is 2. The largest absolute Gasteiger partial charge is 0.488 e. The second-order valence-electron chi connectivity index (χ2n) is 5.12. The van der Waals surface area contributed by atoms with Crippen molar-refractivity contribution in [3.8, 4) is 5.75 Å². The molecule has 0 saturated heterocycles. The van der Waals surface area contributed by atoms with Crippen LogP contribution in [0.4, 0.5) is 11.5 Å². The van der Waals surface area contributed by atoms with Crippen LogP contribution in [0.5, 0.6) is 5.75 Å². The lowest BCUT2D eigenvalue weighted by Crippen LogP contribution is -2.25. The third kappa shape index (κ3) is 2.19. The zero-order valence-electron chi connectivity index (χ0n) is 11.9. The van der Waals surface area contributed by atoms with Crippen LogP contribution in [0.15, 0.2) is 24.3 Å². The van der Waals surface area contributed by atoms with E-state index in [0.717, 1.165) is 42.3 Å². The van der Waals surface area contributed by atoms with E-state index in [0.29, 0.717) is 0 Å². The van der Waals surface area contributed by atoms with Crippen molar-refractivity contribution in [1.82, 2.24) is 9.78 Å². The molecule has 1 aliphatic rings. The second-order valence-corrected chi connectivity index (χ2v) is 5.12. The summed E-state index contributed by atoms with van der Waals surface area (Å²) >= 11 is 0. The van der Waals surface area contributed by atoms with E-state index < -0.39 is 0 Å². The van der Waals surface area contributed by atoms with Crippen molar-refractivity contribution in [1.29, 1.82) is 0 Å². The molecule has 0 aliphatic carbocycles. The number of hydrogen-bond acceptors (Lipinski definition) is 4. The van der Waals surface area contributed by atoms with Gasteiger partial charge < -0.3 is 15.8 Å². The fourth-order valence-corrected chi connectivity index (χ4v) is 2.65. The second kappa shape index (κ2) is 5.07. The summed E-state index contributed by atoms with van der Waals surface area (Å²) in [6.45, 7) is 2.78. The van der Waals surface area contributed by atoms with E-state index in [-0.39, 0.29) is 6.10 Å². The minimum atomic E-state index is 0.145. The van der Waals surface area contributed by atoms with Crippen LogP contribution in [0, 0.1) is 0 Å². The normalized spacial score (nSPS) is 16.8. The van der Waals surface area contributed by atoms with E-state index in [1.54, 1.807) is 4.68 Å². The van der Waals surface area contributed by atoms with Gasteiger partial charge in [0, 0.05) is 13.5 Å². The highest BCUT2D eigenvalue weighted by Gasteiger charge is 2.23. The minimum Gasteiger partial charge on any atom is -0.488 e. The third-order valence-corrected chi connectivity index (χ3v) is 3.71. The molecule has 0 spiro atoms. The first-order chi connectivity index (χ1) is 9.69. The minimum absolute atomic E-state index is 0.145. The number of nitrogens with two attached hydrogens (primary N) is 1. The van der Waals surface area contributed by atoms with Crippen LogP contribution in [0.25, 0.3) is 0 Å². The number of nitrogen functional groups attached to an aromatic ring is 1. The summed E-state index contributed by atoms with van der Waals surface area (Å²) in [6, 6.07) is 8.18. The molecule has 3 N–H and O–H groups in total. The molecule has 0 bridgehead atoms. The number of hydrogen-bond donors (Lipinski definition) is 2. The Labute approximate surface area is 118 Å². The molecule has 0 saturated carbocycles. The lowest BCUT2D eigenvalue weighted by Gasteiger charge is -2.13. The van der Waals surface area contributed by atoms with Gasteiger partial charge in [-0.05, 0) is 18.1 Å². The highest BCUT2D eigenvalue weighted by atomic mass is 16.5. The lowest BCUT2D eigenvalue weighted by atomic mass is 10.1. The molecule has 5 heteroatoms. The van der Waals surface area contributed by atoms with Crippen molar-refractivity contribution in [3.05, 3.63) is 35.5 Å². The van der Waals surface area contributed by atoms with E-state index >= 15 is 0 Å². The first-order valence-electron chi connectivity index (χ1n) is 6.98. The summed E-state index contributed by atoms with van der Waals surface area (Å²) in [5.74, 6) is 1.87. The van der Waals surface area contributed by atoms with Crippen LogP contribution in [-0.2, 0) is 19.9 Å². The van der Waals surface area contributed by atoms with E-state index in [1.807, 2.05) is 25.2 Å². The zero-order chi connectivity index (χ0) is 14.1. The Balaban J connectivity index is 1.66. The van der Waals surface area contributed by atoms with Crippen LogP contribution in [0.2, 0.25) is 0 Å². The maximum atomic E-state index is 6.10. The number of nitrogens with zero attached hydrogens (tertiary/aromatic N) is 2. The monoisotopic (exact) mass is 272 g/mol. The Hall–Kier alpha value is -2.17. The summed E-state index contributed by atoms with van der Waals surface area (Å²) < 4.78 is 7.71. The molecule has 0 radical (unpaired) electrons. The van der Waals surface area contributed by atoms with Gasteiger partial charge in [-0.2, -0.15) is 5.10 Å².